The van der Waals surface area contributed by atoms with Crippen molar-refractivity contribution in [1.29, 1.82) is 0 Å². The summed E-state index contributed by atoms with van der Waals surface area (Å²) in [6.07, 6.45) is 10.4. The van der Waals surface area contributed by atoms with Gasteiger partial charge in [-0.15, -0.1) is 0 Å². The Morgan fingerprint density at radius 2 is 2.05 bits per heavy atom. The van der Waals surface area contributed by atoms with Crippen molar-refractivity contribution >= 4 is 5.78 Å². The quantitative estimate of drug-likeness (QED) is 0.831. The molecule has 0 bridgehead atoms. The van der Waals surface area contributed by atoms with Gasteiger partial charge in [-0.05, 0) is 38.8 Å². The van der Waals surface area contributed by atoms with Gasteiger partial charge in [0.25, 0.3) is 0 Å². The average molecular weight is 260 g/mol. The number of Topliss-reactive ketones (excluding diaryl/α,β-unsaturated/α-hetero) is 1. The molecule has 3 nitrogen and oxygen atoms in total. The summed E-state index contributed by atoms with van der Waals surface area (Å²) in [7, 11) is 2.25. The van der Waals surface area contributed by atoms with E-state index in [1.165, 1.54) is 31.4 Å². The molecule has 0 aromatic carbocycles. The predicted octanol–water partition coefficient (Wildman–Crippen LogP) is 2.88. The summed E-state index contributed by atoms with van der Waals surface area (Å²) in [5.41, 5.74) is 2.26. The van der Waals surface area contributed by atoms with E-state index in [-0.39, 0.29) is 0 Å². The number of hydrogen-bond acceptors (Lipinski definition) is 2. The molecule has 1 heterocycles. The molecular formula is C16H24N2O. The highest BCUT2D eigenvalue weighted by atomic mass is 16.1. The highest BCUT2D eigenvalue weighted by Gasteiger charge is 2.22. The minimum Gasteiger partial charge on any atom is -0.349 e. The van der Waals surface area contributed by atoms with Gasteiger partial charge >= 0.3 is 0 Å². The van der Waals surface area contributed by atoms with Crippen LogP contribution in [0, 0.1) is 0 Å². The van der Waals surface area contributed by atoms with Gasteiger partial charge in [0, 0.05) is 43.0 Å². The van der Waals surface area contributed by atoms with Crippen LogP contribution < -0.4 is 0 Å². The predicted molar refractivity (Wildman–Crippen MR) is 76.6 cm³/mol. The van der Waals surface area contributed by atoms with Gasteiger partial charge in [-0.25, -0.2) is 0 Å². The first-order valence-corrected chi connectivity index (χ1v) is 7.67. The minimum atomic E-state index is 0.337. The van der Waals surface area contributed by atoms with Crippen LogP contribution in [0.25, 0.3) is 0 Å². The van der Waals surface area contributed by atoms with Crippen LogP contribution >= 0.6 is 0 Å². The Kier molecular flexibility index (Phi) is 3.74. The molecule has 0 amide bonds. The molecule has 0 aliphatic heterocycles. The van der Waals surface area contributed by atoms with E-state index < -0.39 is 0 Å². The fraction of sp³-hybridized carbons (Fsp3) is 0.688. The smallest absolute Gasteiger partial charge is 0.164 e. The van der Waals surface area contributed by atoms with Crippen molar-refractivity contribution in [1.82, 2.24) is 9.47 Å². The summed E-state index contributed by atoms with van der Waals surface area (Å²) in [6, 6.07) is 2.81. The molecule has 19 heavy (non-hydrogen) atoms. The highest BCUT2D eigenvalue weighted by Crippen LogP contribution is 2.24. The molecule has 1 fully saturated rings. The highest BCUT2D eigenvalue weighted by molar-refractivity contribution is 5.98. The first kappa shape index (κ1) is 12.9. The molecule has 3 rings (SSSR count). The normalized spacial score (nSPS) is 20.2. The van der Waals surface area contributed by atoms with Gasteiger partial charge in [-0.3, -0.25) is 4.79 Å². The zero-order valence-electron chi connectivity index (χ0n) is 11.9. The molecule has 104 valence electrons. The fourth-order valence-corrected chi connectivity index (χ4v) is 3.59. The van der Waals surface area contributed by atoms with Crippen molar-refractivity contribution in [2.75, 3.05) is 13.6 Å². The third-order valence-electron chi connectivity index (χ3n) is 4.84. The van der Waals surface area contributed by atoms with E-state index in [1.807, 2.05) is 6.07 Å². The molecule has 1 saturated carbocycles. The second kappa shape index (κ2) is 5.49. The van der Waals surface area contributed by atoms with Gasteiger partial charge in [-0.2, -0.15) is 0 Å². The molecule has 2 aliphatic carbocycles. The number of aromatic nitrogens is 1. The maximum atomic E-state index is 11.8. The number of carbonyl (C=O) groups excluding carboxylic acids is 1. The van der Waals surface area contributed by atoms with Crippen LogP contribution in [-0.4, -0.2) is 34.9 Å². The Hall–Kier alpha value is -1.09. The molecule has 0 spiro atoms. The largest absolute Gasteiger partial charge is 0.349 e. The van der Waals surface area contributed by atoms with Crippen LogP contribution in [0.5, 0.6) is 0 Å². The number of carbonyl (C=O) groups is 1. The van der Waals surface area contributed by atoms with E-state index in [9.17, 15) is 4.79 Å². The van der Waals surface area contributed by atoms with Gasteiger partial charge in [0.05, 0.1) is 0 Å². The topological polar surface area (TPSA) is 25.2 Å². The molecular weight excluding hydrogens is 236 g/mol. The number of fused-ring (bicyclic) bond motifs is 1. The third kappa shape index (κ3) is 2.62. The lowest BCUT2D eigenvalue weighted by molar-refractivity contribution is 0.0971. The summed E-state index contributed by atoms with van der Waals surface area (Å²) < 4.78 is 2.30. The van der Waals surface area contributed by atoms with Gasteiger partial charge < -0.3 is 9.47 Å². The zero-order valence-corrected chi connectivity index (χ0v) is 11.9. The maximum Gasteiger partial charge on any atom is 0.164 e. The minimum absolute atomic E-state index is 0.337. The molecule has 0 atom stereocenters. The van der Waals surface area contributed by atoms with E-state index in [0.29, 0.717) is 5.78 Å². The first-order chi connectivity index (χ1) is 9.25. The van der Waals surface area contributed by atoms with Gasteiger partial charge in [0.2, 0.25) is 0 Å². The lowest BCUT2D eigenvalue weighted by Crippen LogP contribution is -2.32. The van der Waals surface area contributed by atoms with Crippen LogP contribution in [0.3, 0.4) is 0 Å². The average Bonchev–Trinajstić information content (AvgIpc) is 3.06. The molecule has 2 aliphatic rings. The second-order valence-electron chi connectivity index (χ2n) is 6.07. The van der Waals surface area contributed by atoms with E-state index >= 15 is 0 Å². The lowest BCUT2D eigenvalue weighted by Gasteiger charge is -2.25. The molecule has 0 saturated heterocycles. The van der Waals surface area contributed by atoms with Crippen molar-refractivity contribution in [2.24, 2.45) is 0 Å². The Morgan fingerprint density at radius 1 is 1.26 bits per heavy atom. The third-order valence-corrected chi connectivity index (χ3v) is 4.84. The number of nitrogens with zero attached hydrogens (tertiary/aromatic N) is 2. The number of ketones is 1. The maximum absolute atomic E-state index is 11.8. The number of likely N-dealkylation sites (N-methyl/N-ethyl adjacent to an activating group) is 1. The molecule has 0 N–H and O–H groups in total. The Labute approximate surface area is 115 Å². The summed E-state index contributed by atoms with van der Waals surface area (Å²) in [6.45, 7) is 2.12. The van der Waals surface area contributed by atoms with E-state index in [4.69, 9.17) is 0 Å². The van der Waals surface area contributed by atoms with Crippen LogP contribution in [-0.2, 0) is 13.0 Å². The van der Waals surface area contributed by atoms with Crippen molar-refractivity contribution in [3.8, 4) is 0 Å². The fourth-order valence-electron chi connectivity index (χ4n) is 3.59. The van der Waals surface area contributed by atoms with Gasteiger partial charge in [-0.1, -0.05) is 12.8 Å². The molecule has 0 unspecified atom stereocenters. The van der Waals surface area contributed by atoms with E-state index in [2.05, 4.69) is 22.7 Å². The van der Waals surface area contributed by atoms with E-state index in [0.717, 1.165) is 44.0 Å². The monoisotopic (exact) mass is 260 g/mol. The summed E-state index contributed by atoms with van der Waals surface area (Å²) in [5.74, 6) is 0.337. The van der Waals surface area contributed by atoms with Crippen LogP contribution in [0.15, 0.2) is 12.3 Å². The van der Waals surface area contributed by atoms with Crippen molar-refractivity contribution < 1.29 is 4.79 Å². The summed E-state index contributed by atoms with van der Waals surface area (Å²) in [5, 5.41) is 0. The lowest BCUT2D eigenvalue weighted by atomic mass is 9.97. The van der Waals surface area contributed by atoms with Crippen LogP contribution in [0.2, 0.25) is 0 Å². The summed E-state index contributed by atoms with van der Waals surface area (Å²) >= 11 is 0. The molecule has 0 radical (unpaired) electrons. The first-order valence-electron chi connectivity index (χ1n) is 7.67. The van der Waals surface area contributed by atoms with Crippen molar-refractivity contribution in [3.63, 3.8) is 0 Å². The molecule has 3 heteroatoms. The van der Waals surface area contributed by atoms with E-state index in [1.54, 1.807) is 0 Å². The standard InChI is InChI=1S/C16H24N2O/c1-17(13-5-2-3-6-13)11-12-18-10-9-14-15(18)7-4-8-16(14)19/h9-10,13H,2-8,11-12H2,1H3. The Bertz CT molecular complexity index is 457. The van der Waals surface area contributed by atoms with Crippen LogP contribution in [0.4, 0.5) is 0 Å². The SMILES string of the molecule is CN(CCn1ccc2c1CCCC2=O)C1CCCC1. The Morgan fingerprint density at radius 3 is 2.84 bits per heavy atom. The number of hydrogen-bond donors (Lipinski definition) is 0. The van der Waals surface area contributed by atoms with Crippen molar-refractivity contribution in [2.45, 2.75) is 57.5 Å². The van der Waals surface area contributed by atoms with Crippen LogP contribution in [0.1, 0.15) is 54.6 Å². The van der Waals surface area contributed by atoms with Gasteiger partial charge in [0.15, 0.2) is 5.78 Å². The van der Waals surface area contributed by atoms with Crippen molar-refractivity contribution in [3.05, 3.63) is 23.5 Å². The van der Waals surface area contributed by atoms with Gasteiger partial charge in [0.1, 0.15) is 0 Å². The summed E-state index contributed by atoms with van der Waals surface area (Å²) in [4.78, 5) is 14.3. The molecule has 1 aromatic rings. The zero-order chi connectivity index (χ0) is 13.2. The molecule has 1 aromatic heterocycles. The number of rotatable bonds is 4. The Balaban J connectivity index is 1.62. The second-order valence-corrected chi connectivity index (χ2v) is 6.07.